The summed E-state index contributed by atoms with van der Waals surface area (Å²) < 4.78 is 5.70. The zero-order valence-electron chi connectivity index (χ0n) is 11.5. The van der Waals surface area contributed by atoms with Crippen LogP contribution in [0, 0.1) is 0 Å². The van der Waals surface area contributed by atoms with Crippen molar-refractivity contribution in [2.75, 3.05) is 26.7 Å². The molecule has 0 radical (unpaired) electrons. The Morgan fingerprint density at radius 1 is 1.24 bits per heavy atom. The number of nitrogens with zero attached hydrogens (tertiary/aromatic N) is 1. The van der Waals surface area contributed by atoms with E-state index < -0.39 is 0 Å². The summed E-state index contributed by atoms with van der Waals surface area (Å²) in [4.78, 5) is 2.53. The highest BCUT2D eigenvalue weighted by Crippen LogP contribution is 2.22. The van der Waals surface area contributed by atoms with Crippen LogP contribution < -0.4 is 5.32 Å². The fourth-order valence-electron chi connectivity index (χ4n) is 3.12. The third kappa shape index (κ3) is 3.94. The van der Waals surface area contributed by atoms with Crippen LogP contribution in [-0.2, 0) is 4.74 Å². The molecule has 17 heavy (non-hydrogen) atoms. The summed E-state index contributed by atoms with van der Waals surface area (Å²) >= 11 is 0. The van der Waals surface area contributed by atoms with Gasteiger partial charge in [0.25, 0.3) is 0 Å². The summed E-state index contributed by atoms with van der Waals surface area (Å²) in [6, 6.07) is 1.35. The van der Waals surface area contributed by atoms with Crippen LogP contribution in [0.2, 0.25) is 0 Å². The van der Waals surface area contributed by atoms with Gasteiger partial charge < -0.3 is 15.0 Å². The zero-order chi connectivity index (χ0) is 12.1. The number of hydrogen-bond acceptors (Lipinski definition) is 3. The maximum absolute atomic E-state index is 5.70. The van der Waals surface area contributed by atoms with Gasteiger partial charge in [0.1, 0.15) is 0 Å². The van der Waals surface area contributed by atoms with E-state index in [9.17, 15) is 0 Å². The summed E-state index contributed by atoms with van der Waals surface area (Å²) in [7, 11) is 2.27. The van der Waals surface area contributed by atoms with Crippen LogP contribution in [0.1, 0.15) is 45.4 Å². The Kier molecular flexibility index (Phi) is 5.26. The van der Waals surface area contributed by atoms with Gasteiger partial charge in [-0.3, -0.25) is 0 Å². The molecule has 1 heterocycles. The molecular weight excluding hydrogens is 212 g/mol. The Morgan fingerprint density at radius 2 is 2.00 bits per heavy atom. The Bertz CT molecular complexity index is 188. The van der Waals surface area contributed by atoms with Gasteiger partial charge in [0, 0.05) is 31.8 Å². The van der Waals surface area contributed by atoms with E-state index in [-0.39, 0.29) is 0 Å². The Hall–Kier alpha value is -0.120. The van der Waals surface area contributed by atoms with Gasteiger partial charge >= 0.3 is 0 Å². The maximum Gasteiger partial charge on any atom is 0.0726 e. The van der Waals surface area contributed by atoms with Crippen LogP contribution in [-0.4, -0.2) is 49.8 Å². The molecule has 2 fully saturated rings. The van der Waals surface area contributed by atoms with Crippen molar-refractivity contribution in [3.05, 3.63) is 0 Å². The maximum atomic E-state index is 5.70. The minimum Gasteiger partial charge on any atom is -0.377 e. The van der Waals surface area contributed by atoms with E-state index in [0.29, 0.717) is 12.1 Å². The fourth-order valence-corrected chi connectivity index (χ4v) is 3.12. The van der Waals surface area contributed by atoms with Gasteiger partial charge in [-0.1, -0.05) is 12.8 Å². The van der Waals surface area contributed by atoms with Crippen LogP contribution >= 0.6 is 0 Å². The quantitative estimate of drug-likeness (QED) is 0.769. The molecule has 0 bridgehead atoms. The van der Waals surface area contributed by atoms with Crippen molar-refractivity contribution in [1.82, 2.24) is 10.2 Å². The van der Waals surface area contributed by atoms with E-state index in [0.717, 1.165) is 19.2 Å². The normalized spacial score (nSPS) is 28.1. The molecule has 1 saturated carbocycles. The van der Waals surface area contributed by atoms with Crippen molar-refractivity contribution in [3.63, 3.8) is 0 Å². The van der Waals surface area contributed by atoms with Crippen LogP contribution in [0.15, 0.2) is 0 Å². The van der Waals surface area contributed by atoms with Crippen molar-refractivity contribution in [1.29, 1.82) is 0 Å². The first-order chi connectivity index (χ1) is 8.27. The number of likely N-dealkylation sites (N-methyl/N-ethyl adjacent to an activating group) is 1. The third-order valence-corrected chi connectivity index (χ3v) is 4.40. The second-order valence-electron chi connectivity index (χ2n) is 5.71. The van der Waals surface area contributed by atoms with Crippen LogP contribution in [0.4, 0.5) is 0 Å². The highest BCUT2D eigenvalue weighted by molar-refractivity contribution is 4.79. The molecule has 0 aromatic carbocycles. The fraction of sp³-hybridized carbons (Fsp3) is 1.00. The molecule has 1 saturated heterocycles. The van der Waals surface area contributed by atoms with Crippen LogP contribution in [0.3, 0.4) is 0 Å². The average Bonchev–Trinajstić information content (AvgIpc) is 3.02. The van der Waals surface area contributed by atoms with Gasteiger partial charge in [0.15, 0.2) is 0 Å². The molecule has 0 aromatic rings. The molecule has 1 aliphatic heterocycles. The highest BCUT2D eigenvalue weighted by Gasteiger charge is 2.22. The second kappa shape index (κ2) is 6.72. The largest absolute Gasteiger partial charge is 0.377 e. The number of nitrogens with one attached hydrogen (secondary N) is 1. The summed E-state index contributed by atoms with van der Waals surface area (Å²) in [5, 5.41) is 3.61. The lowest BCUT2D eigenvalue weighted by Gasteiger charge is -2.26. The molecule has 2 aliphatic rings. The number of rotatable bonds is 6. The number of hydrogen-bond donors (Lipinski definition) is 1. The van der Waals surface area contributed by atoms with E-state index in [2.05, 4.69) is 24.2 Å². The molecule has 3 heteroatoms. The average molecular weight is 240 g/mol. The summed E-state index contributed by atoms with van der Waals surface area (Å²) in [5.74, 6) is 0. The molecule has 3 nitrogen and oxygen atoms in total. The molecule has 2 rings (SSSR count). The monoisotopic (exact) mass is 240 g/mol. The van der Waals surface area contributed by atoms with E-state index >= 15 is 0 Å². The van der Waals surface area contributed by atoms with Crippen LogP contribution in [0.25, 0.3) is 0 Å². The lowest BCUT2D eigenvalue weighted by atomic mass is 10.1. The number of ether oxygens (including phenoxy) is 1. The minimum absolute atomic E-state index is 0.451. The second-order valence-corrected chi connectivity index (χ2v) is 5.71. The van der Waals surface area contributed by atoms with Gasteiger partial charge in [0.2, 0.25) is 0 Å². The predicted octanol–water partition coefficient (Wildman–Crippen LogP) is 2.02. The van der Waals surface area contributed by atoms with Gasteiger partial charge in [-0.15, -0.1) is 0 Å². The Labute approximate surface area is 106 Å². The lowest BCUT2D eigenvalue weighted by Crippen LogP contribution is -2.42. The summed E-state index contributed by atoms with van der Waals surface area (Å²) in [6.45, 7) is 5.47. The summed E-state index contributed by atoms with van der Waals surface area (Å²) in [6.07, 6.45) is 8.57. The first-order valence-corrected chi connectivity index (χ1v) is 7.32. The molecular formula is C14H28N2O. The van der Waals surface area contributed by atoms with Crippen LogP contribution in [0.5, 0.6) is 0 Å². The van der Waals surface area contributed by atoms with Crippen molar-refractivity contribution in [2.24, 2.45) is 0 Å². The van der Waals surface area contributed by atoms with Gasteiger partial charge in [-0.25, -0.2) is 0 Å². The Morgan fingerprint density at radius 3 is 2.65 bits per heavy atom. The van der Waals surface area contributed by atoms with Crippen molar-refractivity contribution in [3.8, 4) is 0 Å². The van der Waals surface area contributed by atoms with E-state index in [1.165, 1.54) is 45.1 Å². The molecule has 1 N–H and O–H groups in total. The lowest BCUT2D eigenvalue weighted by molar-refractivity contribution is 0.0824. The van der Waals surface area contributed by atoms with Crippen molar-refractivity contribution < 1.29 is 4.74 Å². The van der Waals surface area contributed by atoms with Crippen molar-refractivity contribution >= 4 is 0 Å². The smallest absolute Gasteiger partial charge is 0.0726 e. The van der Waals surface area contributed by atoms with E-state index in [4.69, 9.17) is 4.74 Å². The molecule has 0 amide bonds. The molecule has 1 aliphatic carbocycles. The van der Waals surface area contributed by atoms with E-state index in [1.807, 2.05) is 0 Å². The molecule has 2 unspecified atom stereocenters. The van der Waals surface area contributed by atoms with Crippen molar-refractivity contribution in [2.45, 2.75) is 63.6 Å². The molecule has 100 valence electrons. The Balaban J connectivity index is 1.58. The summed E-state index contributed by atoms with van der Waals surface area (Å²) in [5.41, 5.74) is 0. The van der Waals surface area contributed by atoms with E-state index in [1.54, 1.807) is 0 Å². The minimum atomic E-state index is 0.451. The zero-order valence-corrected chi connectivity index (χ0v) is 11.5. The SMILES string of the molecule is CC(NCCN(C)C1CCCC1)C1CCCO1. The predicted molar refractivity (Wildman–Crippen MR) is 71.3 cm³/mol. The molecule has 0 aromatic heterocycles. The van der Waals surface area contributed by atoms with Gasteiger partial charge in [-0.05, 0) is 39.7 Å². The van der Waals surface area contributed by atoms with Gasteiger partial charge in [-0.2, -0.15) is 0 Å². The first-order valence-electron chi connectivity index (χ1n) is 7.32. The first kappa shape index (κ1) is 13.3. The molecule has 0 spiro atoms. The van der Waals surface area contributed by atoms with Gasteiger partial charge in [0.05, 0.1) is 6.10 Å². The third-order valence-electron chi connectivity index (χ3n) is 4.40. The molecule has 2 atom stereocenters. The standard InChI is InChI=1S/C14H28N2O/c1-12(14-8-5-11-17-14)15-9-10-16(2)13-6-3-4-7-13/h12-15H,3-11H2,1-2H3. The highest BCUT2D eigenvalue weighted by atomic mass is 16.5. The topological polar surface area (TPSA) is 24.5 Å².